The Balaban J connectivity index is 2.95. The Morgan fingerprint density at radius 1 is 1.35 bits per heavy atom. The average molecular weight is 312 g/mol. The van der Waals surface area contributed by atoms with Gasteiger partial charge in [0.15, 0.2) is 0 Å². The number of halogens is 2. The number of nitrogens with two attached hydrogens (primary N) is 1. The van der Waals surface area contributed by atoms with Crippen LogP contribution in [0, 0.1) is 0 Å². The van der Waals surface area contributed by atoms with Crippen molar-refractivity contribution in [2.45, 2.75) is 44.3 Å². The van der Waals surface area contributed by atoms with Gasteiger partial charge in [-0.15, -0.1) is 10.2 Å². The van der Waals surface area contributed by atoms with Crippen LogP contribution in [0.5, 0.6) is 0 Å². The summed E-state index contributed by atoms with van der Waals surface area (Å²) >= 11 is 0. The first kappa shape index (κ1) is 16.9. The molecule has 0 aliphatic carbocycles. The fourth-order valence-corrected chi connectivity index (χ4v) is 2.44. The molecule has 1 aromatic heterocycles. The highest BCUT2D eigenvalue weighted by atomic mass is 32.2. The lowest BCUT2D eigenvalue weighted by atomic mass is 10.1. The Hall–Kier alpha value is -1.13. The Morgan fingerprint density at radius 3 is 2.40 bits per heavy atom. The molecule has 7 nitrogen and oxygen atoms in total. The number of alkyl halides is 2. The first-order valence-corrected chi connectivity index (χ1v) is 7.41. The van der Waals surface area contributed by atoms with Crippen LogP contribution in [-0.4, -0.2) is 42.8 Å². The van der Waals surface area contributed by atoms with Gasteiger partial charge in [0.25, 0.3) is 21.6 Å². The fourth-order valence-electron chi connectivity index (χ4n) is 1.66. The molecule has 0 amide bonds. The van der Waals surface area contributed by atoms with Crippen molar-refractivity contribution in [2.75, 3.05) is 13.2 Å². The molecule has 0 fully saturated rings. The van der Waals surface area contributed by atoms with Crippen LogP contribution < -0.4 is 5.14 Å². The van der Waals surface area contributed by atoms with Gasteiger partial charge in [0.05, 0.1) is 6.61 Å². The third-order valence-corrected chi connectivity index (χ3v) is 3.11. The number of hydrogen-bond acceptors (Lipinski definition) is 5. The van der Waals surface area contributed by atoms with E-state index >= 15 is 0 Å². The van der Waals surface area contributed by atoms with E-state index in [0.717, 1.165) is 0 Å². The summed E-state index contributed by atoms with van der Waals surface area (Å²) in [6.07, 6.45) is -2.39. The van der Waals surface area contributed by atoms with E-state index in [9.17, 15) is 17.2 Å². The molecule has 1 rings (SSSR count). The van der Waals surface area contributed by atoms with Gasteiger partial charge in [-0.3, -0.25) is 4.57 Å². The van der Waals surface area contributed by atoms with Crippen LogP contribution in [0.15, 0.2) is 5.16 Å². The highest BCUT2D eigenvalue weighted by Crippen LogP contribution is 2.21. The van der Waals surface area contributed by atoms with Crippen molar-refractivity contribution in [3.63, 3.8) is 0 Å². The van der Waals surface area contributed by atoms with E-state index in [-0.39, 0.29) is 18.2 Å². The maximum Gasteiger partial charge on any atom is 0.273 e. The molecule has 0 atom stereocenters. The first-order chi connectivity index (χ1) is 9.03. The molecule has 20 heavy (non-hydrogen) atoms. The molecule has 10 heteroatoms. The van der Waals surface area contributed by atoms with E-state index < -0.39 is 28.6 Å². The predicted molar refractivity (Wildman–Crippen MR) is 66.9 cm³/mol. The molecule has 0 aliphatic heterocycles. The SMILES string of the molecule is CC(C)(C)n1c(CCOCC(F)F)nnc1S(N)(=O)=O. The molecule has 116 valence electrons. The minimum Gasteiger partial charge on any atom is -0.375 e. The number of nitrogens with zero attached hydrogens (tertiary/aromatic N) is 3. The Labute approximate surface area is 116 Å². The number of ether oxygens (including phenoxy) is 1. The van der Waals surface area contributed by atoms with E-state index in [0.29, 0.717) is 5.82 Å². The van der Waals surface area contributed by atoms with Crippen LogP contribution in [0.2, 0.25) is 0 Å². The third-order valence-electron chi connectivity index (χ3n) is 2.34. The van der Waals surface area contributed by atoms with Crippen molar-refractivity contribution < 1.29 is 21.9 Å². The van der Waals surface area contributed by atoms with Gasteiger partial charge in [-0.2, -0.15) is 0 Å². The largest absolute Gasteiger partial charge is 0.375 e. The van der Waals surface area contributed by atoms with Crippen LogP contribution >= 0.6 is 0 Å². The molecule has 1 aromatic rings. The maximum absolute atomic E-state index is 11.9. The minimum absolute atomic E-state index is 0.0107. The summed E-state index contributed by atoms with van der Waals surface area (Å²) in [5, 5.41) is 12.0. The quantitative estimate of drug-likeness (QED) is 0.771. The smallest absolute Gasteiger partial charge is 0.273 e. The molecule has 0 saturated carbocycles. The maximum atomic E-state index is 11.9. The van der Waals surface area contributed by atoms with Crippen molar-refractivity contribution in [1.29, 1.82) is 0 Å². The van der Waals surface area contributed by atoms with Gasteiger partial charge in [-0.1, -0.05) is 0 Å². The van der Waals surface area contributed by atoms with Gasteiger partial charge >= 0.3 is 0 Å². The van der Waals surface area contributed by atoms with Gasteiger partial charge in [-0.05, 0) is 20.8 Å². The summed E-state index contributed by atoms with van der Waals surface area (Å²) in [6.45, 7) is 4.59. The monoisotopic (exact) mass is 312 g/mol. The van der Waals surface area contributed by atoms with Crippen molar-refractivity contribution in [3.05, 3.63) is 5.82 Å². The molecule has 2 N–H and O–H groups in total. The van der Waals surface area contributed by atoms with E-state index in [1.165, 1.54) is 4.57 Å². The van der Waals surface area contributed by atoms with Crippen molar-refractivity contribution in [1.82, 2.24) is 14.8 Å². The molecule has 0 bridgehead atoms. The number of rotatable bonds is 6. The van der Waals surface area contributed by atoms with Crippen LogP contribution in [-0.2, 0) is 26.7 Å². The molecule has 1 heterocycles. The average Bonchev–Trinajstić information content (AvgIpc) is 2.67. The second-order valence-electron chi connectivity index (χ2n) is 5.17. The first-order valence-electron chi connectivity index (χ1n) is 5.87. The lowest BCUT2D eigenvalue weighted by Crippen LogP contribution is -2.30. The molecule has 0 radical (unpaired) electrons. The molecule has 0 spiro atoms. The van der Waals surface area contributed by atoms with Crippen LogP contribution in [0.25, 0.3) is 0 Å². The van der Waals surface area contributed by atoms with Crippen molar-refractivity contribution in [3.8, 4) is 0 Å². The number of aromatic nitrogens is 3. The topological polar surface area (TPSA) is 100 Å². The Morgan fingerprint density at radius 2 is 1.95 bits per heavy atom. The highest BCUT2D eigenvalue weighted by molar-refractivity contribution is 7.89. The van der Waals surface area contributed by atoms with Gasteiger partial charge < -0.3 is 4.74 Å². The van der Waals surface area contributed by atoms with E-state index in [1.54, 1.807) is 20.8 Å². The summed E-state index contributed by atoms with van der Waals surface area (Å²) in [7, 11) is -4.01. The molecular formula is C10H18F2N4O3S. The van der Waals surface area contributed by atoms with Crippen molar-refractivity contribution in [2.24, 2.45) is 5.14 Å². The van der Waals surface area contributed by atoms with Gasteiger partial charge in [-0.25, -0.2) is 22.3 Å². The molecular weight excluding hydrogens is 294 g/mol. The number of sulfonamides is 1. The van der Waals surface area contributed by atoms with Gasteiger partial charge in [0.1, 0.15) is 12.4 Å². The second-order valence-corrected chi connectivity index (χ2v) is 6.62. The van der Waals surface area contributed by atoms with Gasteiger partial charge in [0, 0.05) is 12.0 Å². The zero-order valence-corrected chi connectivity index (χ0v) is 12.3. The van der Waals surface area contributed by atoms with Crippen molar-refractivity contribution >= 4 is 10.0 Å². The fraction of sp³-hybridized carbons (Fsp3) is 0.800. The second kappa shape index (κ2) is 6.10. The number of hydrogen-bond donors (Lipinski definition) is 1. The molecule has 0 unspecified atom stereocenters. The van der Waals surface area contributed by atoms with E-state index in [1.807, 2.05) is 0 Å². The predicted octanol–water partition coefficient (Wildman–Crippen LogP) is 0.505. The zero-order chi connectivity index (χ0) is 15.6. The standard InChI is InChI=1S/C10H18F2N4O3S/c1-10(2,3)16-8(4-5-19-6-7(11)12)14-15-9(16)20(13,17)18/h7H,4-6H2,1-3H3,(H2,13,17,18). The third kappa shape index (κ3) is 4.46. The van der Waals surface area contributed by atoms with E-state index in [4.69, 9.17) is 9.88 Å². The van der Waals surface area contributed by atoms with Crippen LogP contribution in [0.1, 0.15) is 26.6 Å². The zero-order valence-electron chi connectivity index (χ0n) is 11.5. The summed E-state index contributed by atoms with van der Waals surface area (Å²) in [4.78, 5) is 0. The molecule has 0 saturated heterocycles. The van der Waals surface area contributed by atoms with Crippen LogP contribution in [0.4, 0.5) is 8.78 Å². The summed E-state index contributed by atoms with van der Waals surface area (Å²) in [5.41, 5.74) is -0.622. The lowest BCUT2D eigenvalue weighted by Gasteiger charge is -2.24. The van der Waals surface area contributed by atoms with Gasteiger partial charge in [0.2, 0.25) is 0 Å². The minimum atomic E-state index is -4.01. The summed E-state index contributed by atoms with van der Waals surface area (Å²) < 4.78 is 52.9. The molecule has 0 aromatic carbocycles. The Bertz CT molecular complexity index is 551. The summed E-state index contributed by atoms with van der Waals surface area (Å²) in [6, 6.07) is 0. The normalized spacial score (nSPS) is 13.2. The lowest BCUT2D eigenvalue weighted by molar-refractivity contribution is 0.0179. The summed E-state index contributed by atoms with van der Waals surface area (Å²) in [5.74, 6) is 0.316. The van der Waals surface area contributed by atoms with E-state index in [2.05, 4.69) is 10.2 Å². The Kier molecular flexibility index (Phi) is 5.16. The number of primary sulfonamides is 1. The molecule has 0 aliphatic rings. The van der Waals surface area contributed by atoms with Crippen LogP contribution in [0.3, 0.4) is 0 Å². The highest BCUT2D eigenvalue weighted by Gasteiger charge is 2.28.